The molecule has 1 heterocycles. The minimum Gasteiger partial charge on any atom is -0.497 e. The van der Waals surface area contributed by atoms with Crippen molar-refractivity contribution in [1.82, 2.24) is 4.90 Å². The van der Waals surface area contributed by atoms with E-state index in [1.807, 2.05) is 30.3 Å². The van der Waals surface area contributed by atoms with Gasteiger partial charge in [-0.25, -0.2) is 4.79 Å². The molecular weight excluding hydrogens is 306 g/mol. The van der Waals surface area contributed by atoms with Crippen LogP contribution in [0, 0.1) is 0 Å². The summed E-state index contributed by atoms with van der Waals surface area (Å²) in [6, 6.07) is 14.8. The quantitative estimate of drug-likeness (QED) is 0.867. The van der Waals surface area contributed by atoms with Gasteiger partial charge in [-0.15, -0.1) is 0 Å². The van der Waals surface area contributed by atoms with E-state index in [0.29, 0.717) is 30.8 Å². The summed E-state index contributed by atoms with van der Waals surface area (Å²) in [6.45, 7) is 0.907. The fourth-order valence-corrected chi connectivity index (χ4v) is 2.72. The monoisotopic (exact) mass is 325 g/mol. The van der Waals surface area contributed by atoms with Crippen LogP contribution in [0.3, 0.4) is 0 Å². The molecule has 5 heteroatoms. The predicted octanol–water partition coefficient (Wildman–Crippen LogP) is 3.42. The fourth-order valence-electron chi connectivity index (χ4n) is 2.72. The molecule has 124 valence electrons. The Balaban J connectivity index is 1.72. The van der Waals surface area contributed by atoms with Crippen molar-refractivity contribution in [2.24, 2.45) is 0 Å². The number of carbonyl (C=O) groups is 2. The maximum Gasteiger partial charge on any atom is 0.410 e. The first-order valence-corrected chi connectivity index (χ1v) is 7.83. The Morgan fingerprint density at radius 2 is 1.96 bits per heavy atom. The molecule has 0 unspecified atom stereocenters. The Labute approximate surface area is 140 Å². The molecule has 0 bridgehead atoms. The molecule has 2 aromatic carbocycles. The van der Waals surface area contributed by atoms with Crippen LogP contribution in [0.25, 0.3) is 0 Å². The number of hydrogen-bond acceptors (Lipinski definition) is 4. The standard InChI is InChI=1S/C19H19NO4/c1-23-16-7-8-17-15(11-16)12-20(10-9-18(17)21)19(22)24-13-14-5-3-2-4-6-14/h2-8,11H,9-10,12-13H2,1H3. The van der Waals surface area contributed by atoms with Crippen molar-refractivity contribution in [2.75, 3.05) is 13.7 Å². The molecule has 3 rings (SSSR count). The largest absolute Gasteiger partial charge is 0.497 e. The Bertz CT molecular complexity index is 742. The third-order valence-electron chi connectivity index (χ3n) is 4.05. The Morgan fingerprint density at radius 1 is 1.17 bits per heavy atom. The van der Waals surface area contributed by atoms with Gasteiger partial charge in [-0.1, -0.05) is 30.3 Å². The van der Waals surface area contributed by atoms with E-state index < -0.39 is 6.09 Å². The van der Waals surface area contributed by atoms with Gasteiger partial charge in [-0.2, -0.15) is 0 Å². The molecule has 1 amide bonds. The average molecular weight is 325 g/mol. The molecular formula is C19H19NO4. The number of Topliss-reactive ketones (excluding diaryl/α,β-unsaturated/α-hetero) is 1. The van der Waals surface area contributed by atoms with E-state index in [4.69, 9.17) is 9.47 Å². The van der Waals surface area contributed by atoms with Gasteiger partial charge in [0.2, 0.25) is 0 Å². The molecule has 0 spiro atoms. The highest BCUT2D eigenvalue weighted by Gasteiger charge is 2.24. The summed E-state index contributed by atoms with van der Waals surface area (Å²) in [7, 11) is 1.58. The van der Waals surface area contributed by atoms with Crippen LogP contribution in [-0.2, 0) is 17.9 Å². The van der Waals surface area contributed by atoms with E-state index in [0.717, 1.165) is 11.1 Å². The molecule has 0 saturated carbocycles. The highest BCUT2D eigenvalue weighted by molar-refractivity contribution is 5.98. The summed E-state index contributed by atoms with van der Waals surface area (Å²) in [4.78, 5) is 26.2. The van der Waals surface area contributed by atoms with Crippen molar-refractivity contribution in [3.8, 4) is 5.75 Å². The van der Waals surface area contributed by atoms with Gasteiger partial charge in [-0.05, 0) is 29.3 Å². The summed E-state index contributed by atoms with van der Waals surface area (Å²) < 4.78 is 10.6. The van der Waals surface area contributed by atoms with Crippen LogP contribution < -0.4 is 4.74 Å². The first kappa shape index (κ1) is 16.1. The smallest absolute Gasteiger partial charge is 0.410 e. The molecule has 0 atom stereocenters. The van der Waals surface area contributed by atoms with Crippen LogP contribution >= 0.6 is 0 Å². The maximum absolute atomic E-state index is 12.4. The van der Waals surface area contributed by atoms with Crippen LogP contribution in [0.1, 0.15) is 27.9 Å². The summed E-state index contributed by atoms with van der Waals surface area (Å²) in [5, 5.41) is 0. The molecule has 0 aliphatic carbocycles. The lowest BCUT2D eigenvalue weighted by Gasteiger charge is -2.20. The van der Waals surface area contributed by atoms with Gasteiger partial charge < -0.3 is 14.4 Å². The number of rotatable bonds is 3. The van der Waals surface area contributed by atoms with Gasteiger partial charge in [0.05, 0.1) is 7.11 Å². The number of hydrogen-bond donors (Lipinski definition) is 0. The second-order valence-corrected chi connectivity index (χ2v) is 5.66. The first-order valence-electron chi connectivity index (χ1n) is 7.83. The van der Waals surface area contributed by atoms with Crippen molar-refractivity contribution in [1.29, 1.82) is 0 Å². The normalized spacial score (nSPS) is 13.9. The number of fused-ring (bicyclic) bond motifs is 1. The van der Waals surface area contributed by atoms with E-state index in [1.54, 1.807) is 30.2 Å². The molecule has 0 saturated heterocycles. The number of amides is 1. The van der Waals surface area contributed by atoms with Gasteiger partial charge in [0.1, 0.15) is 12.4 Å². The molecule has 5 nitrogen and oxygen atoms in total. The summed E-state index contributed by atoms with van der Waals surface area (Å²) >= 11 is 0. The Kier molecular flexibility index (Phi) is 4.79. The van der Waals surface area contributed by atoms with Crippen molar-refractivity contribution in [3.63, 3.8) is 0 Å². The minimum absolute atomic E-state index is 0.0333. The lowest BCUT2D eigenvalue weighted by atomic mass is 10.0. The third-order valence-corrected chi connectivity index (χ3v) is 4.05. The number of nitrogens with zero attached hydrogens (tertiary/aromatic N) is 1. The highest BCUT2D eigenvalue weighted by Crippen LogP contribution is 2.24. The summed E-state index contributed by atoms with van der Waals surface area (Å²) in [5.74, 6) is 0.701. The molecule has 0 N–H and O–H groups in total. The number of benzene rings is 2. The molecule has 1 aliphatic rings. The van der Waals surface area contributed by atoms with Gasteiger partial charge in [-0.3, -0.25) is 4.79 Å². The van der Waals surface area contributed by atoms with E-state index in [-0.39, 0.29) is 12.4 Å². The van der Waals surface area contributed by atoms with Crippen molar-refractivity contribution >= 4 is 11.9 Å². The number of ether oxygens (including phenoxy) is 2. The molecule has 1 aliphatic heterocycles. The average Bonchev–Trinajstić information content (AvgIpc) is 2.79. The number of ketones is 1. The highest BCUT2D eigenvalue weighted by atomic mass is 16.6. The number of carbonyl (C=O) groups excluding carboxylic acids is 2. The zero-order valence-corrected chi connectivity index (χ0v) is 13.5. The van der Waals surface area contributed by atoms with Gasteiger partial charge in [0.15, 0.2) is 5.78 Å². The van der Waals surface area contributed by atoms with E-state index in [2.05, 4.69) is 0 Å². The first-order chi connectivity index (χ1) is 11.7. The zero-order chi connectivity index (χ0) is 16.9. The lowest BCUT2D eigenvalue weighted by molar-refractivity contribution is 0.0893. The molecule has 0 radical (unpaired) electrons. The van der Waals surface area contributed by atoms with E-state index in [9.17, 15) is 9.59 Å². The van der Waals surface area contributed by atoms with Crippen LogP contribution in [-0.4, -0.2) is 30.4 Å². The van der Waals surface area contributed by atoms with Crippen LogP contribution in [0.15, 0.2) is 48.5 Å². The SMILES string of the molecule is COc1ccc2c(c1)CN(C(=O)OCc1ccccc1)CCC2=O. The van der Waals surface area contributed by atoms with Gasteiger partial charge in [0, 0.05) is 25.1 Å². The maximum atomic E-state index is 12.4. The Morgan fingerprint density at radius 3 is 2.71 bits per heavy atom. The summed E-state index contributed by atoms with van der Waals surface area (Å²) in [5.41, 5.74) is 2.36. The second kappa shape index (κ2) is 7.17. The zero-order valence-electron chi connectivity index (χ0n) is 13.5. The van der Waals surface area contributed by atoms with Crippen molar-refractivity contribution in [2.45, 2.75) is 19.6 Å². The topological polar surface area (TPSA) is 55.8 Å². The van der Waals surface area contributed by atoms with Crippen LogP contribution in [0.4, 0.5) is 4.79 Å². The lowest BCUT2D eigenvalue weighted by Crippen LogP contribution is -2.31. The van der Waals surface area contributed by atoms with Crippen LogP contribution in [0.5, 0.6) is 5.75 Å². The van der Waals surface area contributed by atoms with E-state index in [1.165, 1.54) is 0 Å². The molecule has 24 heavy (non-hydrogen) atoms. The van der Waals surface area contributed by atoms with Gasteiger partial charge >= 0.3 is 6.09 Å². The fraction of sp³-hybridized carbons (Fsp3) is 0.263. The van der Waals surface area contributed by atoms with Crippen LogP contribution in [0.2, 0.25) is 0 Å². The van der Waals surface area contributed by atoms with E-state index >= 15 is 0 Å². The van der Waals surface area contributed by atoms with Crippen molar-refractivity contribution < 1.29 is 19.1 Å². The number of methoxy groups -OCH3 is 1. The molecule has 2 aromatic rings. The van der Waals surface area contributed by atoms with Crippen molar-refractivity contribution in [3.05, 3.63) is 65.2 Å². The third kappa shape index (κ3) is 3.56. The minimum atomic E-state index is -0.415. The van der Waals surface area contributed by atoms with Gasteiger partial charge in [0.25, 0.3) is 0 Å². The predicted molar refractivity (Wildman–Crippen MR) is 89.0 cm³/mol. The molecule has 0 fully saturated rings. The second-order valence-electron chi connectivity index (χ2n) is 5.66. The summed E-state index contributed by atoms with van der Waals surface area (Å²) in [6.07, 6.45) is -0.123. The Hall–Kier alpha value is -2.82. The molecule has 0 aromatic heterocycles.